The van der Waals surface area contributed by atoms with Gasteiger partial charge in [-0.1, -0.05) is 92.2 Å². The first-order chi connectivity index (χ1) is 26.6. The van der Waals surface area contributed by atoms with Crippen LogP contribution in [0.1, 0.15) is 55.6 Å². The van der Waals surface area contributed by atoms with E-state index < -0.39 is 27.6 Å². The third-order valence-electron chi connectivity index (χ3n) is 8.86. The van der Waals surface area contributed by atoms with Gasteiger partial charge in [-0.15, -0.1) is 42.0 Å². The molecule has 0 aliphatic carbocycles. The molecule has 0 unspecified atom stereocenters. The van der Waals surface area contributed by atoms with E-state index in [4.69, 9.17) is 12.6 Å². The molecule has 0 N–H and O–H groups in total. The van der Waals surface area contributed by atoms with Crippen LogP contribution in [-0.2, 0) is 26.5 Å². The molecular weight excluding hydrogens is 838 g/mol. The number of aryl methyl sites for hydroxylation is 5. The molecule has 0 spiro atoms. The van der Waals surface area contributed by atoms with Crippen molar-refractivity contribution in [1.82, 2.24) is 15.0 Å². The molecule has 269 valence electrons. The van der Waals surface area contributed by atoms with Gasteiger partial charge in [-0.3, -0.25) is 4.39 Å². The van der Waals surface area contributed by atoms with E-state index in [1.165, 1.54) is 45.1 Å². The van der Waals surface area contributed by atoms with E-state index in [1.807, 2.05) is 36.5 Å². The van der Waals surface area contributed by atoms with Crippen LogP contribution in [0.2, 0.25) is 19.6 Å². The first-order valence-corrected chi connectivity index (χ1v) is 20.6. The Balaban J connectivity index is 0.000000224. The van der Waals surface area contributed by atoms with Gasteiger partial charge in [0.15, 0.2) is 0 Å². The third kappa shape index (κ3) is 8.33. The molecule has 4 nitrogen and oxygen atoms in total. The van der Waals surface area contributed by atoms with Crippen molar-refractivity contribution in [2.75, 3.05) is 0 Å². The molecule has 3 aromatic carbocycles. The second-order valence-corrected chi connectivity index (χ2v) is 19.7. The molecule has 7 rings (SSSR count). The van der Waals surface area contributed by atoms with Gasteiger partial charge in [-0.2, -0.15) is 0 Å². The molecule has 0 aliphatic heterocycles. The number of aromatic nitrogens is 3. The number of hydrogen-bond acceptors (Lipinski definition) is 4. The zero-order chi connectivity index (χ0) is 41.6. The largest absolute Gasteiger partial charge is 0.486 e. The van der Waals surface area contributed by atoms with Gasteiger partial charge >= 0.3 is 0 Å². The molecule has 0 saturated carbocycles. The predicted octanol–water partition coefficient (Wildman–Crippen LogP) is 11.5. The molecule has 52 heavy (non-hydrogen) atoms. The summed E-state index contributed by atoms with van der Waals surface area (Å²) in [5.41, 5.74) is 10.2. The number of pyridine rings is 3. The van der Waals surface area contributed by atoms with Crippen LogP contribution in [0.15, 0.2) is 83.5 Å². The van der Waals surface area contributed by atoms with E-state index in [-0.39, 0.29) is 36.9 Å². The second-order valence-electron chi connectivity index (χ2n) is 14.6. The Labute approximate surface area is 330 Å². The average molecular weight is 890 g/mol. The van der Waals surface area contributed by atoms with Crippen LogP contribution < -0.4 is 5.19 Å². The number of halogens is 1. The van der Waals surface area contributed by atoms with Gasteiger partial charge in [-0.25, -0.2) is 4.98 Å². The van der Waals surface area contributed by atoms with E-state index in [9.17, 15) is 4.39 Å². The standard InChI is InChI=1S/C26H21N2O.C19H25FNSi.Ir/c1-15-12-16(2)24(17(3)13-15)19-10-11-27-23(14-19)22-7-5-6-20-21-9-8-18(4)28-26(21)29-25(20)22;1-13(2)9-15-11-18(21-12-19(15)22(4,5)6)16-8-7-14(3)10-17(16)20;/h5-6,8-14H,1-4H3;7,10-13H,9H2,1-6H3;/q2*-1;/i4D3;3D3;. The number of hydrogen-bond donors (Lipinski definition) is 0. The average Bonchev–Trinajstić information content (AvgIpc) is 3.48. The Kier molecular flexibility index (Phi) is 9.47. The van der Waals surface area contributed by atoms with Gasteiger partial charge < -0.3 is 14.4 Å². The molecule has 0 saturated heterocycles. The van der Waals surface area contributed by atoms with Crippen molar-refractivity contribution < 1.29 is 37.1 Å². The monoisotopic (exact) mass is 890 g/mol. The summed E-state index contributed by atoms with van der Waals surface area (Å²) in [6.07, 6.45) is 4.57. The minimum Gasteiger partial charge on any atom is -0.486 e. The number of rotatable bonds is 6. The van der Waals surface area contributed by atoms with Crippen LogP contribution in [0, 0.1) is 58.3 Å². The fourth-order valence-electron chi connectivity index (χ4n) is 6.75. The summed E-state index contributed by atoms with van der Waals surface area (Å²) in [4.78, 5) is 13.3. The molecule has 0 atom stereocenters. The van der Waals surface area contributed by atoms with Gasteiger partial charge in [0.05, 0.1) is 13.7 Å². The Morgan fingerprint density at radius 2 is 1.60 bits per heavy atom. The van der Waals surface area contributed by atoms with Crippen molar-refractivity contribution in [3.8, 4) is 33.6 Å². The molecule has 7 aromatic rings. The quantitative estimate of drug-likeness (QED) is 0.123. The topological polar surface area (TPSA) is 51.8 Å². The summed E-state index contributed by atoms with van der Waals surface area (Å²) < 4.78 is 65.6. The normalized spacial score (nSPS) is 13.7. The van der Waals surface area contributed by atoms with E-state index in [2.05, 4.69) is 93.5 Å². The van der Waals surface area contributed by atoms with E-state index in [0.29, 0.717) is 22.9 Å². The summed E-state index contributed by atoms with van der Waals surface area (Å²) in [6.45, 7) is 12.8. The minimum absolute atomic E-state index is 0. The summed E-state index contributed by atoms with van der Waals surface area (Å²) in [7, 11) is -1.56. The van der Waals surface area contributed by atoms with Gasteiger partial charge in [-0.05, 0) is 97.0 Å². The van der Waals surface area contributed by atoms with Crippen LogP contribution in [0.25, 0.3) is 55.7 Å². The molecule has 0 aliphatic rings. The molecule has 0 fully saturated rings. The van der Waals surface area contributed by atoms with Gasteiger partial charge in [0.1, 0.15) is 0 Å². The molecule has 0 bridgehead atoms. The van der Waals surface area contributed by atoms with Crippen LogP contribution in [0.3, 0.4) is 0 Å². The fraction of sp³-hybridized carbons (Fsp3) is 0.267. The summed E-state index contributed by atoms with van der Waals surface area (Å²) >= 11 is 0. The number of nitrogens with zero attached hydrogens (tertiary/aromatic N) is 3. The zero-order valence-corrected chi connectivity index (χ0v) is 34.1. The number of fused-ring (bicyclic) bond motifs is 3. The summed E-state index contributed by atoms with van der Waals surface area (Å²) in [5.74, 6) is -0.116. The maximum Gasteiger partial charge on any atom is 0.216 e. The smallest absolute Gasteiger partial charge is 0.216 e. The molecule has 4 aromatic heterocycles. The van der Waals surface area contributed by atoms with Gasteiger partial charge in [0.25, 0.3) is 0 Å². The van der Waals surface area contributed by atoms with E-state index in [0.717, 1.165) is 40.1 Å². The van der Waals surface area contributed by atoms with Crippen LogP contribution in [-0.4, -0.2) is 23.0 Å². The maximum absolute atomic E-state index is 14.5. The summed E-state index contributed by atoms with van der Waals surface area (Å²) in [6, 6.07) is 25.8. The second kappa shape index (κ2) is 15.8. The zero-order valence-electron chi connectivity index (χ0n) is 36.8. The first-order valence-electron chi connectivity index (χ1n) is 20.1. The van der Waals surface area contributed by atoms with Crippen LogP contribution in [0.5, 0.6) is 0 Å². The van der Waals surface area contributed by atoms with Crippen molar-refractivity contribution in [1.29, 1.82) is 0 Å². The first kappa shape index (κ1) is 31.3. The fourth-order valence-corrected chi connectivity index (χ4v) is 8.34. The molecule has 7 heteroatoms. The number of furan rings is 1. The van der Waals surface area contributed by atoms with E-state index in [1.54, 1.807) is 12.3 Å². The Morgan fingerprint density at radius 1 is 0.846 bits per heavy atom. The van der Waals surface area contributed by atoms with Crippen LogP contribution in [0.4, 0.5) is 4.39 Å². The van der Waals surface area contributed by atoms with Crippen molar-refractivity contribution in [2.24, 2.45) is 5.92 Å². The SMILES string of the molecule is [2H]C([2H])([2H])c1c[c-]c(-c2cc(CC(C)C)c([Si](C)(C)C)cn2)c(F)c1.[2H]C([2H])([2H])c1ccc2c(n1)oc1c(-c3cc(-c4c(C)cc(C)cc4C)ccn3)[c-]ccc12.[Ir]. The molecule has 4 heterocycles. The minimum atomic E-state index is -2.34. The van der Waals surface area contributed by atoms with Crippen LogP contribution >= 0.6 is 0 Å². The number of benzene rings is 3. The van der Waals surface area contributed by atoms with Gasteiger partial charge in [0.2, 0.25) is 5.71 Å². The van der Waals surface area contributed by atoms with E-state index >= 15 is 0 Å². The Hall–Kier alpha value is -4.29. The molecule has 1 radical (unpaired) electrons. The van der Waals surface area contributed by atoms with Crippen molar-refractivity contribution in [3.05, 3.63) is 131 Å². The Morgan fingerprint density at radius 3 is 2.27 bits per heavy atom. The molecular formula is C45H46FIrN3OSi-2. The summed E-state index contributed by atoms with van der Waals surface area (Å²) in [5, 5.41) is 2.90. The molecule has 0 amide bonds. The van der Waals surface area contributed by atoms with Crippen molar-refractivity contribution >= 4 is 35.3 Å². The Bertz CT molecular complexity index is 2590. The van der Waals surface area contributed by atoms with Crippen molar-refractivity contribution in [2.45, 2.75) is 74.4 Å². The van der Waals surface area contributed by atoms with Crippen molar-refractivity contribution in [3.63, 3.8) is 0 Å². The predicted molar refractivity (Wildman–Crippen MR) is 213 cm³/mol. The maximum atomic E-state index is 14.5. The van der Waals surface area contributed by atoms with Gasteiger partial charge in [0, 0.05) is 57.6 Å². The third-order valence-corrected chi connectivity index (χ3v) is 10.9.